The lowest BCUT2D eigenvalue weighted by atomic mass is 9.93. The Morgan fingerprint density at radius 1 is 1.22 bits per heavy atom. The van der Waals surface area contributed by atoms with E-state index in [0.29, 0.717) is 12.3 Å². The van der Waals surface area contributed by atoms with Gasteiger partial charge in [0, 0.05) is 20.1 Å². The Morgan fingerprint density at radius 3 is 2.53 bits per heavy atom. The van der Waals surface area contributed by atoms with Crippen molar-refractivity contribution in [3.8, 4) is 0 Å². The molecule has 180 valence electrons. The van der Waals surface area contributed by atoms with Gasteiger partial charge in [0.05, 0.1) is 30.2 Å². The summed E-state index contributed by atoms with van der Waals surface area (Å²) in [5.74, 6) is 0.193. The zero-order valence-electron chi connectivity index (χ0n) is 20.4. The highest BCUT2D eigenvalue weighted by Gasteiger charge is 2.39. The maximum atomic E-state index is 13.0. The van der Waals surface area contributed by atoms with Crippen LogP contribution in [-0.2, 0) is 14.3 Å². The molecule has 1 heterocycles. The molecule has 32 heavy (non-hydrogen) atoms. The highest BCUT2D eigenvalue weighted by molar-refractivity contribution is 5.80. The number of likely N-dealkylation sites (tertiary alicyclic amines) is 1. The van der Waals surface area contributed by atoms with E-state index in [1.807, 2.05) is 42.2 Å². The topological polar surface area (TPSA) is 78.9 Å². The quantitative estimate of drug-likeness (QED) is 0.507. The van der Waals surface area contributed by atoms with Crippen molar-refractivity contribution in [2.75, 3.05) is 13.7 Å². The van der Waals surface area contributed by atoms with Crippen LogP contribution in [0.1, 0.15) is 77.9 Å². The van der Waals surface area contributed by atoms with Gasteiger partial charge in [-0.15, -0.1) is 0 Å². The predicted octanol–water partition coefficient (Wildman–Crippen LogP) is 4.08. The third-order valence-electron chi connectivity index (χ3n) is 6.95. The average molecular weight is 447 g/mol. The molecule has 0 spiro atoms. The van der Waals surface area contributed by atoms with Gasteiger partial charge in [0.1, 0.15) is 0 Å². The van der Waals surface area contributed by atoms with Crippen LogP contribution in [-0.4, -0.2) is 53.7 Å². The Balaban J connectivity index is 1.96. The van der Waals surface area contributed by atoms with Crippen LogP contribution in [0.4, 0.5) is 0 Å². The Kier molecular flexibility index (Phi) is 10.7. The fourth-order valence-corrected chi connectivity index (χ4v) is 4.61. The lowest BCUT2D eigenvalue weighted by Crippen LogP contribution is -2.51. The summed E-state index contributed by atoms with van der Waals surface area (Å²) in [7, 11) is 1.61. The molecule has 0 radical (unpaired) electrons. The molecule has 6 heteroatoms. The Labute approximate surface area is 193 Å². The molecule has 6 atom stereocenters. The number of carbonyl (C=O) groups excluding carboxylic acids is 2. The van der Waals surface area contributed by atoms with Crippen molar-refractivity contribution in [2.24, 2.45) is 11.8 Å². The number of hydrogen-bond donors (Lipinski definition) is 2. The van der Waals surface area contributed by atoms with Gasteiger partial charge in [-0.25, -0.2) is 0 Å². The molecular formula is C26H42N2O4. The summed E-state index contributed by atoms with van der Waals surface area (Å²) in [4.78, 5) is 27.8. The SMILES string of the molecule is CC[C@H](C)CCCC(=O)N1CCCC1C(OC)C(C)C(=O)NC(C)C(O)c1ccccc1. The van der Waals surface area contributed by atoms with Crippen molar-refractivity contribution in [1.82, 2.24) is 10.2 Å². The first-order valence-corrected chi connectivity index (χ1v) is 12.2. The van der Waals surface area contributed by atoms with Gasteiger partial charge in [-0.1, -0.05) is 63.9 Å². The minimum Gasteiger partial charge on any atom is -0.386 e. The molecule has 5 unspecified atom stereocenters. The molecule has 2 amide bonds. The van der Waals surface area contributed by atoms with Crippen LogP contribution in [0.25, 0.3) is 0 Å². The number of nitrogens with zero attached hydrogens (tertiary/aromatic N) is 1. The van der Waals surface area contributed by atoms with Gasteiger partial charge < -0.3 is 20.1 Å². The molecule has 2 rings (SSSR count). The minimum atomic E-state index is -0.789. The zero-order valence-corrected chi connectivity index (χ0v) is 20.4. The summed E-state index contributed by atoms with van der Waals surface area (Å²) in [6, 6.07) is 8.79. The summed E-state index contributed by atoms with van der Waals surface area (Å²) in [5, 5.41) is 13.5. The highest BCUT2D eigenvalue weighted by atomic mass is 16.5. The van der Waals surface area contributed by atoms with Gasteiger partial charge >= 0.3 is 0 Å². The van der Waals surface area contributed by atoms with Crippen molar-refractivity contribution in [2.45, 2.75) is 90.5 Å². The van der Waals surface area contributed by atoms with Crippen LogP contribution in [0.15, 0.2) is 30.3 Å². The number of nitrogens with one attached hydrogen (secondary N) is 1. The number of carbonyl (C=O) groups is 2. The molecule has 6 nitrogen and oxygen atoms in total. The Morgan fingerprint density at radius 2 is 1.91 bits per heavy atom. The van der Waals surface area contributed by atoms with E-state index in [1.54, 1.807) is 14.0 Å². The number of methoxy groups -OCH3 is 1. The van der Waals surface area contributed by atoms with E-state index in [2.05, 4.69) is 19.2 Å². The standard InChI is InChI=1S/C26H42N2O4/c1-6-18(2)12-10-16-23(29)28-17-11-15-22(28)25(32-5)19(3)26(31)27-20(4)24(30)21-13-8-7-9-14-21/h7-9,13-14,18-20,22,24-25,30H,6,10-12,15-17H2,1-5H3,(H,27,31)/t18-,19?,20?,22?,24?,25?/m0/s1. The molecule has 1 aromatic rings. The monoisotopic (exact) mass is 446 g/mol. The summed E-state index contributed by atoms with van der Waals surface area (Å²) in [5.41, 5.74) is 0.765. The molecule has 1 fully saturated rings. The predicted molar refractivity (Wildman–Crippen MR) is 127 cm³/mol. The van der Waals surface area contributed by atoms with Gasteiger partial charge in [0.25, 0.3) is 0 Å². The van der Waals surface area contributed by atoms with E-state index >= 15 is 0 Å². The minimum absolute atomic E-state index is 0.0915. The van der Waals surface area contributed by atoms with E-state index in [-0.39, 0.29) is 24.0 Å². The third-order valence-corrected chi connectivity index (χ3v) is 6.95. The maximum Gasteiger partial charge on any atom is 0.225 e. The maximum absolute atomic E-state index is 13.0. The molecule has 1 aliphatic heterocycles. The molecule has 0 saturated carbocycles. The number of rotatable bonds is 12. The number of ether oxygens (including phenoxy) is 1. The van der Waals surface area contributed by atoms with Crippen LogP contribution >= 0.6 is 0 Å². The fraction of sp³-hybridized carbons (Fsp3) is 0.692. The molecule has 0 aliphatic carbocycles. The highest BCUT2D eigenvalue weighted by Crippen LogP contribution is 2.28. The van der Waals surface area contributed by atoms with Gasteiger partial charge in [-0.3, -0.25) is 9.59 Å². The normalized spacial score (nSPS) is 20.9. The lowest BCUT2D eigenvalue weighted by molar-refractivity contribution is -0.140. The number of aliphatic hydroxyl groups is 1. The largest absolute Gasteiger partial charge is 0.386 e. The average Bonchev–Trinajstić information content (AvgIpc) is 3.28. The van der Waals surface area contributed by atoms with Crippen molar-refractivity contribution in [1.29, 1.82) is 0 Å². The number of hydrogen-bond acceptors (Lipinski definition) is 4. The molecule has 1 aromatic carbocycles. The first-order chi connectivity index (χ1) is 15.3. The number of aliphatic hydroxyl groups excluding tert-OH is 1. The van der Waals surface area contributed by atoms with E-state index in [4.69, 9.17) is 4.74 Å². The van der Waals surface area contributed by atoms with Gasteiger partial charge in [0.2, 0.25) is 11.8 Å². The molecule has 2 N–H and O–H groups in total. The van der Waals surface area contributed by atoms with E-state index in [1.165, 1.54) is 0 Å². The number of benzene rings is 1. The summed E-state index contributed by atoms with van der Waals surface area (Å²) < 4.78 is 5.77. The molecule has 1 saturated heterocycles. The smallest absolute Gasteiger partial charge is 0.225 e. The van der Waals surface area contributed by atoms with E-state index < -0.39 is 18.1 Å². The Bertz CT molecular complexity index is 711. The molecule has 0 aromatic heterocycles. The second-order valence-corrected chi connectivity index (χ2v) is 9.34. The van der Waals surface area contributed by atoms with Crippen molar-refractivity contribution in [3.05, 3.63) is 35.9 Å². The van der Waals surface area contributed by atoms with Crippen molar-refractivity contribution in [3.63, 3.8) is 0 Å². The summed E-state index contributed by atoms with van der Waals surface area (Å²) >= 11 is 0. The molecule has 1 aliphatic rings. The van der Waals surface area contributed by atoms with Crippen LogP contribution in [0.5, 0.6) is 0 Å². The summed E-state index contributed by atoms with van der Waals surface area (Å²) in [6.07, 6.45) is 4.26. The van der Waals surface area contributed by atoms with E-state index in [9.17, 15) is 14.7 Å². The molecule has 0 bridgehead atoms. The van der Waals surface area contributed by atoms with Crippen LogP contribution in [0.2, 0.25) is 0 Å². The fourth-order valence-electron chi connectivity index (χ4n) is 4.61. The lowest BCUT2D eigenvalue weighted by Gasteiger charge is -2.34. The first-order valence-electron chi connectivity index (χ1n) is 12.2. The summed E-state index contributed by atoms with van der Waals surface area (Å²) in [6.45, 7) is 8.77. The van der Waals surface area contributed by atoms with Crippen LogP contribution in [0, 0.1) is 11.8 Å². The Hall–Kier alpha value is -1.92. The first kappa shape index (κ1) is 26.3. The van der Waals surface area contributed by atoms with Gasteiger partial charge in [0.15, 0.2) is 0 Å². The van der Waals surface area contributed by atoms with Crippen LogP contribution < -0.4 is 5.32 Å². The van der Waals surface area contributed by atoms with Crippen LogP contribution in [0.3, 0.4) is 0 Å². The van der Waals surface area contributed by atoms with Gasteiger partial charge in [-0.05, 0) is 37.7 Å². The van der Waals surface area contributed by atoms with Crippen molar-refractivity contribution < 1.29 is 19.4 Å². The van der Waals surface area contributed by atoms with Gasteiger partial charge in [-0.2, -0.15) is 0 Å². The second-order valence-electron chi connectivity index (χ2n) is 9.34. The van der Waals surface area contributed by atoms with E-state index in [0.717, 1.165) is 44.2 Å². The third kappa shape index (κ3) is 7.04. The van der Waals surface area contributed by atoms with Crippen molar-refractivity contribution >= 4 is 11.8 Å². The zero-order chi connectivity index (χ0) is 23.7. The second kappa shape index (κ2) is 12.9. The number of amides is 2. The molecular weight excluding hydrogens is 404 g/mol.